The molecule has 4 nitrogen and oxygen atoms in total. The molecule has 134 valence electrons. The van der Waals surface area contributed by atoms with Crippen molar-refractivity contribution in [3.63, 3.8) is 0 Å². The van der Waals surface area contributed by atoms with E-state index in [1.165, 1.54) is 0 Å². The second kappa shape index (κ2) is 8.94. The summed E-state index contributed by atoms with van der Waals surface area (Å²) in [6.07, 6.45) is 0. The lowest BCUT2D eigenvalue weighted by atomic mass is 10.1. The van der Waals surface area contributed by atoms with Crippen LogP contribution in [0, 0.1) is 6.92 Å². The van der Waals surface area contributed by atoms with E-state index >= 15 is 0 Å². The van der Waals surface area contributed by atoms with Gasteiger partial charge in [-0.2, -0.15) is 0 Å². The quantitative estimate of drug-likeness (QED) is 0.645. The van der Waals surface area contributed by atoms with Crippen molar-refractivity contribution in [2.24, 2.45) is 0 Å². The Balaban J connectivity index is 1.49. The van der Waals surface area contributed by atoms with Gasteiger partial charge in [-0.1, -0.05) is 54.1 Å². The standard InChI is InChI=1S/C20H19ClN2O2S/c1-14-20(16-7-9-17(21)10-8-16)23-19(26-14)11-22-18(24)13-25-12-15-5-3-2-4-6-15/h2-10H,11-13H2,1H3,(H,22,24). The van der Waals surface area contributed by atoms with Crippen LogP contribution in [-0.2, 0) is 22.7 Å². The SMILES string of the molecule is Cc1sc(CNC(=O)COCc2ccccc2)nc1-c1ccc(Cl)cc1. The van der Waals surface area contributed by atoms with E-state index in [4.69, 9.17) is 16.3 Å². The van der Waals surface area contributed by atoms with Crippen LogP contribution in [0.15, 0.2) is 54.6 Å². The highest BCUT2D eigenvalue weighted by atomic mass is 35.5. The normalized spacial score (nSPS) is 10.7. The number of hydrogen-bond donors (Lipinski definition) is 1. The number of amides is 1. The van der Waals surface area contributed by atoms with Crippen LogP contribution >= 0.6 is 22.9 Å². The first-order valence-corrected chi connectivity index (χ1v) is 9.42. The highest BCUT2D eigenvalue weighted by Gasteiger charge is 2.11. The Kier molecular flexibility index (Phi) is 6.39. The van der Waals surface area contributed by atoms with Crippen LogP contribution in [0.25, 0.3) is 11.3 Å². The van der Waals surface area contributed by atoms with Gasteiger partial charge in [-0.3, -0.25) is 4.79 Å². The molecule has 0 aliphatic heterocycles. The maximum absolute atomic E-state index is 11.9. The summed E-state index contributed by atoms with van der Waals surface area (Å²) in [5, 5.41) is 4.41. The van der Waals surface area contributed by atoms with Gasteiger partial charge in [-0.25, -0.2) is 4.98 Å². The number of aromatic nitrogens is 1. The van der Waals surface area contributed by atoms with Crippen molar-refractivity contribution in [2.45, 2.75) is 20.1 Å². The Labute approximate surface area is 161 Å². The average molecular weight is 387 g/mol. The van der Waals surface area contributed by atoms with E-state index in [9.17, 15) is 4.79 Å². The summed E-state index contributed by atoms with van der Waals surface area (Å²) < 4.78 is 5.44. The summed E-state index contributed by atoms with van der Waals surface area (Å²) in [7, 11) is 0. The molecule has 1 aromatic heterocycles. The van der Waals surface area contributed by atoms with Crippen LogP contribution in [0.2, 0.25) is 5.02 Å². The molecule has 0 saturated carbocycles. The third-order valence-electron chi connectivity index (χ3n) is 3.74. The van der Waals surface area contributed by atoms with Gasteiger partial charge in [-0.15, -0.1) is 11.3 Å². The van der Waals surface area contributed by atoms with E-state index in [2.05, 4.69) is 10.3 Å². The number of benzene rings is 2. The molecule has 1 amide bonds. The number of thiazole rings is 1. The summed E-state index contributed by atoms with van der Waals surface area (Å²) in [6, 6.07) is 17.4. The number of carbonyl (C=O) groups is 1. The molecule has 1 N–H and O–H groups in total. The minimum Gasteiger partial charge on any atom is -0.367 e. The Morgan fingerprint density at radius 2 is 1.88 bits per heavy atom. The number of ether oxygens (including phenoxy) is 1. The zero-order valence-electron chi connectivity index (χ0n) is 14.4. The fourth-order valence-corrected chi connectivity index (χ4v) is 3.48. The summed E-state index contributed by atoms with van der Waals surface area (Å²) in [5.74, 6) is -0.151. The van der Waals surface area contributed by atoms with Gasteiger partial charge in [0.15, 0.2) is 0 Å². The first kappa shape index (κ1) is 18.6. The largest absolute Gasteiger partial charge is 0.367 e. The van der Waals surface area contributed by atoms with Crippen LogP contribution in [0.4, 0.5) is 0 Å². The number of rotatable bonds is 7. The van der Waals surface area contributed by atoms with Crippen molar-refractivity contribution in [1.82, 2.24) is 10.3 Å². The molecular formula is C20H19ClN2O2S. The molecule has 0 aliphatic rings. The molecule has 0 spiro atoms. The molecule has 0 radical (unpaired) electrons. The van der Waals surface area contributed by atoms with Crippen molar-refractivity contribution in [3.8, 4) is 11.3 Å². The first-order valence-electron chi connectivity index (χ1n) is 8.22. The number of carbonyl (C=O) groups excluding carboxylic acids is 1. The predicted molar refractivity (Wildman–Crippen MR) is 105 cm³/mol. The highest BCUT2D eigenvalue weighted by Crippen LogP contribution is 2.28. The Morgan fingerprint density at radius 1 is 1.15 bits per heavy atom. The third kappa shape index (κ3) is 5.14. The molecule has 26 heavy (non-hydrogen) atoms. The van der Waals surface area contributed by atoms with Gasteiger partial charge < -0.3 is 10.1 Å². The van der Waals surface area contributed by atoms with Gasteiger partial charge in [-0.05, 0) is 24.6 Å². The molecule has 0 aliphatic carbocycles. The minimum atomic E-state index is -0.151. The monoisotopic (exact) mass is 386 g/mol. The highest BCUT2D eigenvalue weighted by molar-refractivity contribution is 7.12. The number of nitrogens with zero attached hydrogens (tertiary/aromatic N) is 1. The molecule has 0 unspecified atom stereocenters. The second-order valence-electron chi connectivity index (χ2n) is 5.77. The van der Waals surface area contributed by atoms with Gasteiger partial charge in [0.1, 0.15) is 11.6 Å². The lowest BCUT2D eigenvalue weighted by Crippen LogP contribution is -2.27. The average Bonchev–Trinajstić information content (AvgIpc) is 3.02. The Bertz CT molecular complexity index is 863. The molecule has 2 aromatic carbocycles. The summed E-state index contributed by atoms with van der Waals surface area (Å²) >= 11 is 7.51. The van der Waals surface area contributed by atoms with Crippen LogP contribution in [0.3, 0.4) is 0 Å². The van der Waals surface area contributed by atoms with Gasteiger partial charge in [0.2, 0.25) is 5.91 Å². The molecular weight excluding hydrogens is 368 g/mol. The lowest BCUT2D eigenvalue weighted by Gasteiger charge is -2.05. The van der Waals surface area contributed by atoms with Crippen LogP contribution in [-0.4, -0.2) is 17.5 Å². The number of hydrogen-bond acceptors (Lipinski definition) is 4. The number of aryl methyl sites for hydroxylation is 1. The molecule has 6 heteroatoms. The van der Waals surface area contributed by atoms with Crippen molar-refractivity contribution in [3.05, 3.63) is 75.1 Å². The third-order valence-corrected chi connectivity index (χ3v) is 4.96. The van der Waals surface area contributed by atoms with Crippen LogP contribution < -0.4 is 5.32 Å². The Morgan fingerprint density at radius 3 is 2.62 bits per heavy atom. The van der Waals surface area contributed by atoms with E-state index in [1.807, 2.05) is 61.5 Å². The minimum absolute atomic E-state index is 0.0310. The van der Waals surface area contributed by atoms with Gasteiger partial charge in [0, 0.05) is 15.5 Å². The molecule has 0 saturated heterocycles. The molecule has 0 fully saturated rings. The van der Waals surface area contributed by atoms with E-state index in [0.29, 0.717) is 18.2 Å². The zero-order chi connectivity index (χ0) is 18.4. The fraction of sp³-hybridized carbons (Fsp3) is 0.200. The van der Waals surface area contributed by atoms with E-state index in [0.717, 1.165) is 26.7 Å². The second-order valence-corrected chi connectivity index (χ2v) is 7.50. The summed E-state index contributed by atoms with van der Waals surface area (Å²) in [5.41, 5.74) is 2.99. The molecule has 1 heterocycles. The topological polar surface area (TPSA) is 51.2 Å². The molecule has 0 bridgehead atoms. The van der Waals surface area contributed by atoms with E-state index in [-0.39, 0.29) is 12.5 Å². The fourth-order valence-electron chi connectivity index (χ4n) is 2.46. The first-order chi connectivity index (χ1) is 12.6. The maximum Gasteiger partial charge on any atom is 0.246 e. The van der Waals surface area contributed by atoms with Crippen molar-refractivity contribution in [1.29, 1.82) is 0 Å². The Hall–Kier alpha value is -2.21. The smallest absolute Gasteiger partial charge is 0.246 e. The zero-order valence-corrected chi connectivity index (χ0v) is 15.9. The van der Waals surface area contributed by atoms with Crippen molar-refractivity contribution >= 4 is 28.8 Å². The number of halogens is 1. The maximum atomic E-state index is 11.9. The predicted octanol–water partition coefficient (Wildman–Crippen LogP) is 4.60. The van der Waals surface area contributed by atoms with Crippen LogP contribution in [0.1, 0.15) is 15.4 Å². The van der Waals surface area contributed by atoms with Crippen molar-refractivity contribution < 1.29 is 9.53 Å². The van der Waals surface area contributed by atoms with E-state index in [1.54, 1.807) is 11.3 Å². The van der Waals surface area contributed by atoms with Gasteiger partial charge in [0.05, 0.1) is 18.8 Å². The van der Waals surface area contributed by atoms with Crippen molar-refractivity contribution in [2.75, 3.05) is 6.61 Å². The summed E-state index contributed by atoms with van der Waals surface area (Å²) in [4.78, 5) is 17.7. The summed E-state index contributed by atoms with van der Waals surface area (Å²) in [6.45, 7) is 2.87. The molecule has 3 rings (SSSR count). The molecule has 3 aromatic rings. The lowest BCUT2D eigenvalue weighted by molar-refractivity contribution is -0.126. The van der Waals surface area contributed by atoms with Gasteiger partial charge in [0.25, 0.3) is 0 Å². The van der Waals surface area contributed by atoms with Gasteiger partial charge >= 0.3 is 0 Å². The van der Waals surface area contributed by atoms with Crippen LogP contribution in [0.5, 0.6) is 0 Å². The number of nitrogens with one attached hydrogen (secondary N) is 1. The van der Waals surface area contributed by atoms with E-state index < -0.39 is 0 Å². The molecule has 0 atom stereocenters.